The predicted molar refractivity (Wildman–Crippen MR) is 73.8 cm³/mol. The van der Waals surface area contributed by atoms with Crippen LogP contribution in [0.5, 0.6) is 0 Å². The minimum absolute atomic E-state index is 0.192. The van der Waals surface area contributed by atoms with Gasteiger partial charge in [0, 0.05) is 32.0 Å². The lowest BCUT2D eigenvalue weighted by molar-refractivity contribution is 0.216. The van der Waals surface area contributed by atoms with Gasteiger partial charge in [-0.15, -0.1) is 0 Å². The summed E-state index contributed by atoms with van der Waals surface area (Å²) in [5, 5.41) is 3.44. The van der Waals surface area contributed by atoms with Gasteiger partial charge in [0.15, 0.2) is 0 Å². The molecule has 1 fully saturated rings. The lowest BCUT2D eigenvalue weighted by Crippen LogP contribution is -2.32. The summed E-state index contributed by atoms with van der Waals surface area (Å²) in [6.07, 6.45) is 6.62. The van der Waals surface area contributed by atoms with Crippen LogP contribution in [0.2, 0.25) is 0 Å². The Morgan fingerprint density at radius 2 is 2.05 bits per heavy atom. The Labute approximate surface area is 113 Å². The van der Waals surface area contributed by atoms with E-state index in [1.807, 2.05) is 18.5 Å². The Balaban J connectivity index is 1.92. The van der Waals surface area contributed by atoms with E-state index in [2.05, 4.69) is 33.4 Å². The minimum atomic E-state index is 0.192. The summed E-state index contributed by atoms with van der Waals surface area (Å²) < 4.78 is 5.66. The van der Waals surface area contributed by atoms with Gasteiger partial charge in [0.05, 0.1) is 12.3 Å². The van der Waals surface area contributed by atoms with Crippen LogP contribution in [0.25, 0.3) is 0 Å². The molecule has 4 nitrogen and oxygen atoms in total. The number of aromatic nitrogens is 1. The molecule has 0 aromatic carbocycles. The number of hydrogen-bond donors (Lipinski definition) is 1. The van der Waals surface area contributed by atoms with Gasteiger partial charge in [0.1, 0.15) is 5.76 Å². The highest BCUT2D eigenvalue weighted by Crippen LogP contribution is 2.28. The standard InChI is InChI=1S/C15H19N3O/c1-3-14(19-12-1)15(13-4-7-17-8-5-13)18-10-2-6-16-9-11-18/h1,3-5,7-8,12,15-16H,2,6,9-11H2. The Morgan fingerprint density at radius 1 is 1.16 bits per heavy atom. The number of rotatable bonds is 3. The van der Waals surface area contributed by atoms with Gasteiger partial charge >= 0.3 is 0 Å². The maximum atomic E-state index is 5.66. The van der Waals surface area contributed by atoms with Crippen molar-refractivity contribution in [3.63, 3.8) is 0 Å². The van der Waals surface area contributed by atoms with Crippen molar-refractivity contribution in [3.8, 4) is 0 Å². The Morgan fingerprint density at radius 3 is 2.84 bits per heavy atom. The van der Waals surface area contributed by atoms with Gasteiger partial charge in [-0.25, -0.2) is 0 Å². The molecule has 19 heavy (non-hydrogen) atoms. The number of furan rings is 1. The minimum Gasteiger partial charge on any atom is -0.467 e. The van der Waals surface area contributed by atoms with Crippen molar-refractivity contribution in [2.75, 3.05) is 26.2 Å². The molecule has 0 saturated carbocycles. The zero-order valence-corrected chi connectivity index (χ0v) is 11.0. The van der Waals surface area contributed by atoms with E-state index in [9.17, 15) is 0 Å². The summed E-state index contributed by atoms with van der Waals surface area (Å²) >= 11 is 0. The normalized spacial score (nSPS) is 18.9. The molecule has 0 spiro atoms. The van der Waals surface area contributed by atoms with Gasteiger partial charge in [-0.05, 0) is 42.8 Å². The fraction of sp³-hybridized carbons (Fsp3) is 0.400. The number of nitrogens with zero attached hydrogens (tertiary/aromatic N) is 2. The molecule has 100 valence electrons. The molecule has 1 atom stereocenters. The molecule has 0 aliphatic carbocycles. The van der Waals surface area contributed by atoms with Crippen molar-refractivity contribution in [3.05, 3.63) is 54.2 Å². The van der Waals surface area contributed by atoms with Crippen molar-refractivity contribution >= 4 is 0 Å². The fourth-order valence-corrected chi connectivity index (χ4v) is 2.67. The highest BCUT2D eigenvalue weighted by atomic mass is 16.3. The summed E-state index contributed by atoms with van der Waals surface area (Å²) in [5.74, 6) is 1.01. The van der Waals surface area contributed by atoms with Crippen LogP contribution in [0.4, 0.5) is 0 Å². The Hall–Kier alpha value is -1.65. The summed E-state index contributed by atoms with van der Waals surface area (Å²) in [5.41, 5.74) is 1.24. The first-order chi connectivity index (χ1) is 9.45. The molecule has 3 heterocycles. The third-order valence-corrected chi connectivity index (χ3v) is 3.57. The molecule has 1 aliphatic heterocycles. The van der Waals surface area contributed by atoms with Crippen molar-refractivity contribution in [1.82, 2.24) is 15.2 Å². The van der Waals surface area contributed by atoms with E-state index in [4.69, 9.17) is 4.42 Å². The van der Waals surface area contributed by atoms with E-state index in [-0.39, 0.29) is 6.04 Å². The van der Waals surface area contributed by atoms with Crippen molar-refractivity contribution in [2.24, 2.45) is 0 Å². The van der Waals surface area contributed by atoms with Gasteiger partial charge in [-0.3, -0.25) is 9.88 Å². The molecule has 3 rings (SSSR count). The zero-order chi connectivity index (χ0) is 12.9. The summed E-state index contributed by atoms with van der Waals surface area (Å²) in [6, 6.07) is 8.36. The maximum Gasteiger partial charge on any atom is 0.125 e. The van der Waals surface area contributed by atoms with Crippen LogP contribution >= 0.6 is 0 Å². The van der Waals surface area contributed by atoms with Crippen molar-refractivity contribution in [1.29, 1.82) is 0 Å². The van der Waals surface area contributed by atoms with E-state index in [0.717, 1.165) is 31.9 Å². The lowest BCUT2D eigenvalue weighted by atomic mass is 10.0. The van der Waals surface area contributed by atoms with E-state index in [1.165, 1.54) is 12.0 Å². The molecule has 1 unspecified atom stereocenters. The van der Waals surface area contributed by atoms with Crippen LogP contribution in [-0.4, -0.2) is 36.1 Å². The highest BCUT2D eigenvalue weighted by molar-refractivity contribution is 5.24. The average Bonchev–Trinajstić information content (AvgIpc) is 2.84. The quantitative estimate of drug-likeness (QED) is 0.914. The van der Waals surface area contributed by atoms with Gasteiger partial charge in [0.25, 0.3) is 0 Å². The largest absolute Gasteiger partial charge is 0.467 e. The summed E-state index contributed by atoms with van der Waals surface area (Å²) in [4.78, 5) is 6.59. The van der Waals surface area contributed by atoms with Crippen LogP contribution in [-0.2, 0) is 0 Å². The van der Waals surface area contributed by atoms with Crippen LogP contribution in [0.15, 0.2) is 47.3 Å². The smallest absolute Gasteiger partial charge is 0.125 e. The molecule has 0 amide bonds. The second-order valence-electron chi connectivity index (χ2n) is 4.84. The molecule has 0 bridgehead atoms. The SMILES string of the molecule is c1coc(C(c2ccncc2)N2CCCNCC2)c1. The fourth-order valence-electron chi connectivity index (χ4n) is 2.67. The second-order valence-corrected chi connectivity index (χ2v) is 4.84. The van der Waals surface area contributed by atoms with Crippen molar-refractivity contribution in [2.45, 2.75) is 12.5 Å². The predicted octanol–water partition coefficient (Wildman–Crippen LogP) is 2.06. The van der Waals surface area contributed by atoms with Gasteiger partial charge in [-0.2, -0.15) is 0 Å². The summed E-state index contributed by atoms with van der Waals surface area (Å²) in [7, 11) is 0. The van der Waals surface area contributed by atoms with E-state index >= 15 is 0 Å². The molecule has 1 saturated heterocycles. The first kappa shape index (κ1) is 12.4. The topological polar surface area (TPSA) is 41.3 Å². The summed E-state index contributed by atoms with van der Waals surface area (Å²) in [6.45, 7) is 4.24. The molecule has 2 aromatic rings. The zero-order valence-electron chi connectivity index (χ0n) is 11.0. The third kappa shape index (κ3) is 2.85. The molecular weight excluding hydrogens is 238 g/mol. The lowest BCUT2D eigenvalue weighted by Gasteiger charge is -2.29. The Bertz CT molecular complexity index is 475. The van der Waals surface area contributed by atoms with Gasteiger partial charge in [0.2, 0.25) is 0 Å². The van der Waals surface area contributed by atoms with Gasteiger partial charge in [-0.1, -0.05) is 0 Å². The maximum absolute atomic E-state index is 5.66. The average molecular weight is 257 g/mol. The van der Waals surface area contributed by atoms with Crippen molar-refractivity contribution < 1.29 is 4.42 Å². The van der Waals surface area contributed by atoms with E-state index in [0.29, 0.717) is 0 Å². The van der Waals surface area contributed by atoms with Crippen LogP contribution in [0.1, 0.15) is 23.8 Å². The van der Waals surface area contributed by atoms with Crippen LogP contribution in [0, 0.1) is 0 Å². The molecule has 1 N–H and O–H groups in total. The molecule has 1 aliphatic rings. The molecule has 2 aromatic heterocycles. The molecule has 0 radical (unpaired) electrons. The highest BCUT2D eigenvalue weighted by Gasteiger charge is 2.25. The van der Waals surface area contributed by atoms with Gasteiger partial charge < -0.3 is 9.73 Å². The number of pyridine rings is 1. The van der Waals surface area contributed by atoms with E-state index < -0.39 is 0 Å². The van der Waals surface area contributed by atoms with Crippen LogP contribution in [0.3, 0.4) is 0 Å². The number of hydrogen-bond acceptors (Lipinski definition) is 4. The number of nitrogens with one attached hydrogen (secondary N) is 1. The van der Waals surface area contributed by atoms with Crippen LogP contribution < -0.4 is 5.32 Å². The monoisotopic (exact) mass is 257 g/mol. The molecule has 4 heteroatoms. The first-order valence-electron chi connectivity index (χ1n) is 6.83. The molecular formula is C15H19N3O. The Kier molecular flexibility index (Phi) is 3.91. The first-order valence-corrected chi connectivity index (χ1v) is 6.83. The third-order valence-electron chi connectivity index (χ3n) is 3.57. The van der Waals surface area contributed by atoms with E-state index in [1.54, 1.807) is 6.26 Å². The second kappa shape index (κ2) is 5.99.